The zero-order chi connectivity index (χ0) is 9.78. The molecule has 0 amide bonds. The molecule has 0 saturated heterocycles. The van der Waals surface area contributed by atoms with Gasteiger partial charge in [-0.3, -0.25) is 9.36 Å². The Hall–Kier alpha value is -0.220. The molecule has 0 atom stereocenters. The first-order valence-electron chi connectivity index (χ1n) is 3.57. The molecule has 0 bridgehead atoms. The fourth-order valence-corrected chi connectivity index (χ4v) is 1.14. The van der Waals surface area contributed by atoms with Crippen LogP contribution in [0.5, 0.6) is 0 Å². The third-order valence-electron chi connectivity index (χ3n) is 1.32. The van der Waals surface area contributed by atoms with Crippen LogP contribution in [-0.2, 0) is 9.36 Å². The minimum atomic E-state index is -4.47. The van der Waals surface area contributed by atoms with E-state index in [0.717, 1.165) is 0 Å². The molecule has 0 fully saturated rings. The van der Waals surface area contributed by atoms with Crippen molar-refractivity contribution in [2.24, 2.45) is 0 Å². The zero-order valence-corrected chi connectivity index (χ0v) is 8.12. The second kappa shape index (κ2) is 4.72. The van der Waals surface area contributed by atoms with Crippen molar-refractivity contribution >= 4 is 13.1 Å². The van der Waals surface area contributed by atoms with E-state index in [4.69, 9.17) is 9.79 Å². The summed E-state index contributed by atoms with van der Waals surface area (Å²) in [5.41, 5.74) is -0.968. The second-order valence-electron chi connectivity index (χ2n) is 2.84. The smallest absolute Gasteiger partial charge is 0.319 e. The summed E-state index contributed by atoms with van der Waals surface area (Å²) in [5, 5.41) is 0. The first-order chi connectivity index (χ1) is 5.34. The van der Waals surface area contributed by atoms with Crippen molar-refractivity contribution < 1.29 is 19.1 Å². The van der Waals surface area contributed by atoms with Gasteiger partial charge in [-0.25, -0.2) is 0 Å². The molecule has 0 aliphatic heterocycles. The number of hydrogen-bond donors (Lipinski definition) is 2. The molecule has 6 heteroatoms. The van der Waals surface area contributed by atoms with E-state index >= 15 is 0 Å². The van der Waals surface area contributed by atoms with Gasteiger partial charge < -0.3 is 14.7 Å². The van der Waals surface area contributed by atoms with Gasteiger partial charge >= 0.3 is 7.60 Å². The molecule has 0 aliphatic rings. The molecule has 72 valence electrons. The van der Waals surface area contributed by atoms with E-state index in [-0.39, 0.29) is 6.42 Å². The van der Waals surface area contributed by atoms with Gasteiger partial charge in [-0.2, -0.15) is 0 Å². The van der Waals surface area contributed by atoms with E-state index in [1.54, 1.807) is 0 Å². The molecule has 0 radical (unpaired) electrons. The van der Waals surface area contributed by atoms with E-state index in [0.29, 0.717) is 13.0 Å². The van der Waals surface area contributed by atoms with Crippen LogP contribution < -0.4 is 0 Å². The predicted octanol–water partition coefficient (Wildman–Crippen LogP) is 0.0325. The highest BCUT2D eigenvalue weighted by atomic mass is 31.2. The molecule has 2 N–H and O–H groups in total. The Bertz CT molecular complexity index is 198. The molecule has 0 aliphatic carbocycles. The van der Waals surface area contributed by atoms with Gasteiger partial charge in [0.25, 0.3) is 0 Å². The first kappa shape index (κ1) is 11.8. The summed E-state index contributed by atoms with van der Waals surface area (Å²) < 4.78 is 10.3. The second-order valence-corrected chi connectivity index (χ2v) is 4.43. The van der Waals surface area contributed by atoms with Gasteiger partial charge in [0.2, 0.25) is 5.52 Å². The van der Waals surface area contributed by atoms with Gasteiger partial charge in [0.1, 0.15) is 0 Å². The highest BCUT2D eigenvalue weighted by molar-refractivity contribution is 7.70. The summed E-state index contributed by atoms with van der Waals surface area (Å²) in [7, 11) is -0.804. The van der Waals surface area contributed by atoms with Gasteiger partial charge in [-0.15, -0.1) is 0 Å². The summed E-state index contributed by atoms with van der Waals surface area (Å²) >= 11 is 0. The lowest BCUT2D eigenvalue weighted by molar-refractivity contribution is -0.113. The molecule has 0 spiro atoms. The van der Waals surface area contributed by atoms with Gasteiger partial charge in [0.05, 0.1) is 0 Å². The van der Waals surface area contributed by atoms with Crippen molar-refractivity contribution in [2.45, 2.75) is 12.8 Å². The third kappa shape index (κ3) is 5.43. The van der Waals surface area contributed by atoms with Crippen LogP contribution in [0.3, 0.4) is 0 Å². The molecule has 0 unspecified atom stereocenters. The Balaban J connectivity index is 3.67. The molecule has 5 nitrogen and oxygen atoms in total. The topological polar surface area (TPSA) is 77.8 Å². The molecule has 12 heavy (non-hydrogen) atoms. The molecule has 0 aromatic heterocycles. The summed E-state index contributed by atoms with van der Waals surface area (Å²) in [6.45, 7) is 0.658. The number of nitrogens with zero attached hydrogens (tertiary/aromatic N) is 1. The largest absolute Gasteiger partial charge is 0.391 e. The van der Waals surface area contributed by atoms with Crippen LogP contribution in [0.4, 0.5) is 0 Å². The molecule has 0 aromatic rings. The van der Waals surface area contributed by atoms with Crippen LogP contribution in [0, 0.1) is 0 Å². The lowest BCUT2D eigenvalue weighted by Gasteiger charge is -2.08. The van der Waals surface area contributed by atoms with Gasteiger partial charge in [-0.05, 0) is 27.1 Å². The van der Waals surface area contributed by atoms with Crippen molar-refractivity contribution in [3.05, 3.63) is 0 Å². The van der Waals surface area contributed by atoms with E-state index in [1.165, 1.54) is 0 Å². The maximum absolute atomic E-state index is 10.7. The minimum absolute atomic E-state index is 0.0531. The van der Waals surface area contributed by atoms with Gasteiger partial charge in [-0.1, -0.05) is 0 Å². The Kier molecular flexibility index (Phi) is 4.63. The molecular weight excluding hydrogens is 181 g/mol. The van der Waals surface area contributed by atoms with Crippen LogP contribution in [0.1, 0.15) is 12.8 Å². The van der Waals surface area contributed by atoms with E-state index in [9.17, 15) is 9.36 Å². The fraction of sp³-hybridized carbons (Fsp3) is 0.833. The van der Waals surface area contributed by atoms with Crippen molar-refractivity contribution in [2.75, 3.05) is 20.6 Å². The molecule has 0 heterocycles. The van der Waals surface area contributed by atoms with E-state index in [1.807, 2.05) is 19.0 Å². The average molecular weight is 195 g/mol. The fourth-order valence-electron chi connectivity index (χ4n) is 0.692. The summed E-state index contributed by atoms with van der Waals surface area (Å²) in [5.74, 6) is 0. The van der Waals surface area contributed by atoms with Crippen LogP contribution in [-0.4, -0.2) is 40.9 Å². The molecule has 0 saturated carbocycles. The summed E-state index contributed by atoms with van der Waals surface area (Å²) in [4.78, 5) is 29.3. The minimum Gasteiger partial charge on any atom is -0.319 e. The quantitative estimate of drug-likeness (QED) is 0.605. The van der Waals surface area contributed by atoms with Crippen molar-refractivity contribution in [3.8, 4) is 0 Å². The average Bonchev–Trinajstić information content (AvgIpc) is 1.84. The third-order valence-corrected chi connectivity index (χ3v) is 2.19. The Morgan fingerprint density at radius 3 is 2.25 bits per heavy atom. The standard InChI is InChI=1S/C6H14NO4P/c1-7(2)5-3-4-6(8)12(9,10)11/h3-5H2,1-2H3,(H2,9,10,11). The summed E-state index contributed by atoms with van der Waals surface area (Å²) in [6, 6.07) is 0. The van der Waals surface area contributed by atoms with E-state index < -0.39 is 13.1 Å². The maximum atomic E-state index is 10.7. The van der Waals surface area contributed by atoms with Crippen molar-refractivity contribution in [1.29, 1.82) is 0 Å². The SMILES string of the molecule is CN(C)CCCC(=O)P(=O)(O)O. The maximum Gasteiger partial charge on any atom is 0.391 e. The Morgan fingerprint density at radius 1 is 1.42 bits per heavy atom. The lowest BCUT2D eigenvalue weighted by atomic mass is 10.3. The Morgan fingerprint density at radius 2 is 1.92 bits per heavy atom. The monoisotopic (exact) mass is 195 g/mol. The molecule has 0 rings (SSSR count). The highest BCUT2D eigenvalue weighted by Crippen LogP contribution is 2.37. The first-order valence-corrected chi connectivity index (χ1v) is 5.19. The normalized spacial score (nSPS) is 12.1. The van der Waals surface area contributed by atoms with Crippen molar-refractivity contribution in [1.82, 2.24) is 4.90 Å². The van der Waals surface area contributed by atoms with Crippen LogP contribution in [0.25, 0.3) is 0 Å². The number of carbonyl (C=O) groups excluding carboxylic acids is 1. The molecular formula is C6H14NO4P. The number of rotatable bonds is 5. The van der Waals surface area contributed by atoms with Crippen LogP contribution in [0.15, 0.2) is 0 Å². The van der Waals surface area contributed by atoms with Gasteiger partial charge in [0.15, 0.2) is 0 Å². The van der Waals surface area contributed by atoms with E-state index in [2.05, 4.69) is 0 Å². The summed E-state index contributed by atoms with van der Waals surface area (Å²) in [6.07, 6.45) is 0.430. The predicted molar refractivity (Wildman–Crippen MR) is 44.8 cm³/mol. The lowest BCUT2D eigenvalue weighted by Crippen LogP contribution is -2.14. The van der Waals surface area contributed by atoms with Gasteiger partial charge in [0, 0.05) is 6.42 Å². The number of carbonyl (C=O) groups is 1. The molecule has 0 aromatic carbocycles. The highest BCUT2D eigenvalue weighted by Gasteiger charge is 2.24. The van der Waals surface area contributed by atoms with Crippen LogP contribution in [0.2, 0.25) is 0 Å². The van der Waals surface area contributed by atoms with Crippen LogP contribution >= 0.6 is 7.60 Å². The van der Waals surface area contributed by atoms with Crippen molar-refractivity contribution in [3.63, 3.8) is 0 Å². The zero-order valence-electron chi connectivity index (χ0n) is 7.23. The Labute approximate surface area is 71.5 Å². The number of hydrogen-bond acceptors (Lipinski definition) is 3.